The summed E-state index contributed by atoms with van der Waals surface area (Å²) >= 11 is 5.88. The van der Waals surface area contributed by atoms with Gasteiger partial charge in [-0.2, -0.15) is 9.97 Å². The van der Waals surface area contributed by atoms with Crippen molar-refractivity contribution in [3.8, 4) is 0 Å². The van der Waals surface area contributed by atoms with Crippen LogP contribution in [-0.2, 0) is 0 Å². The lowest BCUT2D eigenvalue weighted by atomic mass is 10.2. The lowest BCUT2D eigenvalue weighted by Gasteiger charge is -2.05. The van der Waals surface area contributed by atoms with Crippen LogP contribution in [0.5, 0.6) is 0 Å². The second-order valence-corrected chi connectivity index (χ2v) is 4.35. The first-order valence-corrected chi connectivity index (χ1v) is 6.06. The summed E-state index contributed by atoms with van der Waals surface area (Å²) in [5, 5.41) is 2.29. The molecule has 2 N–H and O–H groups in total. The van der Waals surface area contributed by atoms with Crippen LogP contribution >= 0.6 is 11.6 Å². The highest BCUT2D eigenvalue weighted by Crippen LogP contribution is 2.19. The molecule has 3 rings (SSSR count). The van der Waals surface area contributed by atoms with Gasteiger partial charge in [-0.3, -0.25) is 10.1 Å². The minimum Gasteiger partial charge on any atom is -0.341 e. The highest BCUT2D eigenvalue weighted by Gasteiger charge is 2.17. The van der Waals surface area contributed by atoms with Crippen LogP contribution in [0.4, 0.5) is 14.7 Å². The molecule has 6 nitrogen and oxygen atoms in total. The van der Waals surface area contributed by atoms with Crippen molar-refractivity contribution in [1.82, 2.24) is 19.9 Å². The van der Waals surface area contributed by atoms with Crippen LogP contribution in [-0.4, -0.2) is 25.8 Å². The molecule has 1 amide bonds. The predicted molar refractivity (Wildman–Crippen MR) is 71.0 cm³/mol. The number of fused-ring (bicyclic) bond motifs is 1. The fraction of sp³-hybridized carbons (Fsp3) is 0. The lowest BCUT2D eigenvalue weighted by molar-refractivity contribution is 0.102. The Hall–Kier alpha value is -2.61. The van der Waals surface area contributed by atoms with E-state index in [2.05, 4.69) is 25.3 Å². The van der Waals surface area contributed by atoms with Gasteiger partial charge in [-0.15, -0.1) is 0 Å². The summed E-state index contributed by atoms with van der Waals surface area (Å²) in [5.74, 6) is -3.42. The topological polar surface area (TPSA) is 83.6 Å². The SMILES string of the molecule is O=C(Nc1nc(Cl)c2[nH]cnc2n1)c1cccc(F)c1F. The van der Waals surface area contributed by atoms with Crippen LogP contribution in [0, 0.1) is 11.6 Å². The largest absolute Gasteiger partial charge is 0.341 e. The van der Waals surface area contributed by atoms with Crippen molar-refractivity contribution < 1.29 is 13.6 Å². The van der Waals surface area contributed by atoms with Crippen molar-refractivity contribution in [2.45, 2.75) is 0 Å². The maximum atomic E-state index is 13.5. The quantitative estimate of drug-likeness (QED) is 0.713. The molecule has 0 spiro atoms. The van der Waals surface area contributed by atoms with Crippen LogP contribution in [0.1, 0.15) is 10.4 Å². The van der Waals surface area contributed by atoms with Crippen molar-refractivity contribution in [2.24, 2.45) is 0 Å². The highest BCUT2D eigenvalue weighted by atomic mass is 35.5. The summed E-state index contributed by atoms with van der Waals surface area (Å²) in [4.78, 5) is 26.3. The average molecular weight is 310 g/mol. The second-order valence-electron chi connectivity index (χ2n) is 3.99. The van der Waals surface area contributed by atoms with Crippen LogP contribution < -0.4 is 5.32 Å². The Morgan fingerprint density at radius 2 is 2.10 bits per heavy atom. The molecule has 0 saturated carbocycles. The molecule has 106 valence electrons. The summed E-state index contributed by atoms with van der Waals surface area (Å²) in [6.45, 7) is 0. The number of carbonyl (C=O) groups excluding carboxylic acids is 1. The van der Waals surface area contributed by atoms with E-state index in [1.54, 1.807) is 0 Å². The molecule has 1 aromatic carbocycles. The molecule has 0 atom stereocenters. The Labute approximate surface area is 121 Å². The number of hydrogen-bond acceptors (Lipinski definition) is 4. The van der Waals surface area contributed by atoms with Gasteiger partial charge in [0, 0.05) is 0 Å². The predicted octanol–water partition coefficient (Wildman–Crippen LogP) is 2.54. The standard InChI is InChI=1S/C12H6ClF2N5O/c13-9-8-10(17-4-16-8)19-12(18-9)20-11(21)5-2-1-3-6(14)7(5)15/h1-4H,(H2,16,17,18,19,20,21). The number of hydrogen-bond donors (Lipinski definition) is 2. The van der Waals surface area contributed by atoms with E-state index in [1.165, 1.54) is 12.4 Å². The van der Waals surface area contributed by atoms with Crippen molar-refractivity contribution in [2.75, 3.05) is 5.32 Å². The van der Waals surface area contributed by atoms with Crippen molar-refractivity contribution in [3.05, 3.63) is 46.9 Å². The summed E-state index contributed by atoms with van der Waals surface area (Å²) < 4.78 is 26.6. The number of rotatable bonds is 2. The van der Waals surface area contributed by atoms with E-state index < -0.39 is 23.1 Å². The molecule has 9 heteroatoms. The van der Waals surface area contributed by atoms with Crippen LogP contribution in [0.15, 0.2) is 24.5 Å². The van der Waals surface area contributed by atoms with Gasteiger partial charge in [0.05, 0.1) is 11.9 Å². The number of H-pyrrole nitrogens is 1. The Bertz CT molecular complexity index is 851. The number of imidazole rings is 1. The number of halogens is 3. The molecular weight excluding hydrogens is 304 g/mol. The molecule has 21 heavy (non-hydrogen) atoms. The molecule has 3 aromatic rings. The highest BCUT2D eigenvalue weighted by molar-refractivity contribution is 6.33. The van der Waals surface area contributed by atoms with Gasteiger partial charge in [-0.25, -0.2) is 13.8 Å². The monoisotopic (exact) mass is 309 g/mol. The molecule has 0 aliphatic heterocycles. The average Bonchev–Trinajstić information content (AvgIpc) is 2.90. The van der Waals surface area contributed by atoms with Gasteiger partial charge in [0.15, 0.2) is 22.4 Å². The van der Waals surface area contributed by atoms with Gasteiger partial charge in [0.1, 0.15) is 5.52 Å². The molecule has 0 radical (unpaired) electrons. The van der Waals surface area contributed by atoms with E-state index >= 15 is 0 Å². The third kappa shape index (κ3) is 2.40. The Balaban J connectivity index is 1.94. The fourth-order valence-corrected chi connectivity index (χ4v) is 1.92. The van der Waals surface area contributed by atoms with Gasteiger partial charge in [-0.1, -0.05) is 17.7 Å². The first kappa shape index (κ1) is 13.4. The van der Waals surface area contributed by atoms with Gasteiger partial charge in [-0.05, 0) is 12.1 Å². The van der Waals surface area contributed by atoms with E-state index in [0.29, 0.717) is 5.52 Å². The normalized spacial score (nSPS) is 10.8. The van der Waals surface area contributed by atoms with E-state index in [0.717, 1.165) is 12.1 Å². The van der Waals surface area contributed by atoms with E-state index in [9.17, 15) is 13.6 Å². The summed E-state index contributed by atoms with van der Waals surface area (Å²) in [6.07, 6.45) is 1.36. The molecule has 0 bridgehead atoms. The Morgan fingerprint density at radius 1 is 1.29 bits per heavy atom. The molecular formula is C12H6ClF2N5O. The van der Waals surface area contributed by atoms with E-state index in [1.807, 2.05) is 0 Å². The zero-order valence-corrected chi connectivity index (χ0v) is 10.9. The molecule has 0 aliphatic rings. The second kappa shape index (κ2) is 5.06. The van der Waals surface area contributed by atoms with Crippen LogP contribution in [0.25, 0.3) is 11.2 Å². The number of aromatic nitrogens is 4. The molecule has 0 saturated heterocycles. The summed E-state index contributed by atoms with van der Waals surface area (Å²) in [5.41, 5.74) is 0.188. The summed E-state index contributed by atoms with van der Waals surface area (Å²) in [7, 11) is 0. The van der Waals surface area contributed by atoms with Gasteiger partial charge in [0.2, 0.25) is 5.95 Å². The van der Waals surface area contributed by atoms with Gasteiger partial charge >= 0.3 is 0 Å². The number of nitrogens with one attached hydrogen (secondary N) is 2. The zero-order chi connectivity index (χ0) is 15.0. The minimum atomic E-state index is -1.25. The number of carbonyl (C=O) groups is 1. The van der Waals surface area contributed by atoms with Crippen molar-refractivity contribution in [1.29, 1.82) is 0 Å². The number of aromatic amines is 1. The minimum absolute atomic E-state index is 0.0486. The maximum absolute atomic E-state index is 13.5. The maximum Gasteiger partial charge on any atom is 0.261 e. The molecule has 2 heterocycles. The van der Waals surface area contributed by atoms with E-state index in [4.69, 9.17) is 11.6 Å². The Morgan fingerprint density at radius 3 is 2.90 bits per heavy atom. The molecule has 2 aromatic heterocycles. The molecule has 0 unspecified atom stereocenters. The van der Waals surface area contributed by atoms with E-state index in [-0.39, 0.29) is 16.7 Å². The van der Waals surface area contributed by atoms with Gasteiger partial charge < -0.3 is 4.98 Å². The lowest BCUT2D eigenvalue weighted by Crippen LogP contribution is -2.16. The number of nitrogens with zero attached hydrogens (tertiary/aromatic N) is 3. The third-order valence-corrected chi connectivity index (χ3v) is 2.94. The first-order valence-electron chi connectivity index (χ1n) is 5.68. The Kier molecular flexibility index (Phi) is 3.22. The van der Waals surface area contributed by atoms with Crippen LogP contribution in [0.2, 0.25) is 5.15 Å². The smallest absolute Gasteiger partial charge is 0.261 e. The number of anilines is 1. The van der Waals surface area contributed by atoms with Crippen LogP contribution in [0.3, 0.4) is 0 Å². The fourth-order valence-electron chi connectivity index (χ4n) is 1.70. The van der Waals surface area contributed by atoms with Crippen molar-refractivity contribution >= 4 is 34.6 Å². The molecule has 0 fully saturated rings. The molecule has 0 aliphatic carbocycles. The zero-order valence-electron chi connectivity index (χ0n) is 10.2. The summed E-state index contributed by atoms with van der Waals surface area (Å²) in [6, 6.07) is 3.27. The van der Waals surface area contributed by atoms with Gasteiger partial charge in [0.25, 0.3) is 5.91 Å². The number of amides is 1. The number of benzene rings is 1. The first-order chi connectivity index (χ1) is 10.1. The third-order valence-electron chi connectivity index (χ3n) is 2.66. The van der Waals surface area contributed by atoms with Crippen molar-refractivity contribution in [3.63, 3.8) is 0 Å².